The number of ether oxygens (including phenoxy) is 4. The van der Waals surface area contributed by atoms with E-state index < -0.39 is 11.5 Å². The maximum absolute atomic E-state index is 13.2. The normalized spacial score (nSPS) is 19.6. The first kappa shape index (κ1) is 26.8. The van der Waals surface area contributed by atoms with E-state index in [0.717, 1.165) is 18.4 Å². The van der Waals surface area contributed by atoms with Crippen LogP contribution in [-0.2, 0) is 20.7 Å². The van der Waals surface area contributed by atoms with Crippen LogP contribution in [0.4, 0.5) is 0 Å². The molecule has 0 bridgehead atoms. The van der Waals surface area contributed by atoms with Crippen molar-refractivity contribution in [1.29, 1.82) is 0 Å². The Bertz CT molecular complexity index is 1000. The number of methoxy groups -OCH3 is 2. The lowest BCUT2D eigenvalue weighted by Gasteiger charge is -2.37. The van der Waals surface area contributed by atoms with Crippen molar-refractivity contribution in [3.63, 3.8) is 0 Å². The Morgan fingerprint density at radius 1 is 1.00 bits per heavy atom. The summed E-state index contributed by atoms with van der Waals surface area (Å²) < 4.78 is 21.9. The van der Waals surface area contributed by atoms with Crippen molar-refractivity contribution in [1.82, 2.24) is 5.32 Å². The summed E-state index contributed by atoms with van der Waals surface area (Å²) in [5.74, 6) is 0.704. The molecule has 0 aliphatic heterocycles. The highest BCUT2D eigenvalue weighted by Crippen LogP contribution is 2.34. The van der Waals surface area contributed by atoms with Gasteiger partial charge in [-0.15, -0.1) is 0 Å². The number of carbonyl (C=O) groups is 2. The quantitative estimate of drug-likeness (QED) is 0.349. The summed E-state index contributed by atoms with van der Waals surface area (Å²) in [4.78, 5) is 25.9. The molecule has 0 aromatic heterocycles. The molecule has 190 valence electrons. The van der Waals surface area contributed by atoms with Crippen LogP contribution in [0, 0.1) is 5.92 Å². The number of nitrogens with one attached hydrogen (secondary N) is 1. The predicted molar refractivity (Wildman–Crippen MR) is 134 cm³/mol. The number of rotatable bonds is 11. The second kappa shape index (κ2) is 12.8. The van der Waals surface area contributed by atoms with E-state index in [-0.39, 0.29) is 5.91 Å². The molecule has 0 saturated heterocycles. The minimum Gasteiger partial charge on any atom is -0.489 e. The molecule has 1 N–H and O–H groups in total. The molecule has 1 fully saturated rings. The highest BCUT2D eigenvalue weighted by molar-refractivity contribution is 6.30. The van der Waals surface area contributed by atoms with Crippen molar-refractivity contribution in [2.75, 3.05) is 34.0 Å². The maximum Gasteiger partial charge on any atom is 0.331 e. The molecule has 1 aliphatic carbocycles. The Kier molecular flexibility index (Phi) is 9.81. The summed E-state index contributed by atoms with van der Waals surface area (Å²) in [5, 5.41) is 3.63. The Morgan fingerprint density at radius 2 is 1.74 bits per heavy atom. The zero-order valence-electron chi connectivity index (χ0n) is 20.6. The summed E-state index contributed by atoms with van der Waals surface area (Å²) in [6.45, 7) is 3.29. The molecule has 7 nitrogen and oxygen atoms in total. The molecular weight excluding hydrogens is 470 g/mol. The predicted octanol–water partition coefficient (Wildman–Crippen LogP) is 4.84. The van der Waals surface area contributed by atoms with Crippen molar-refractivity contribution in [3.8, 4) is 11.5 Å². The van der Waals surface area contributed by atoms with E-state index in [9.17, 15) is 9.59 Å². The second-order valence-corrected chi connectivity index (χ2v) is 9.38. The largest absolute Gasteiger partial charge is 0.489 e. The summed E-state index contributed by atoms with van der Waals surface area (Å²) in [7, 11) is 2.95. The monoisotopic (exact) mass is 503 g/mol. The summed E-state index contributed by atoms with van der Waals surface area (Å²) in [5.41, 5.74) is 0.406. The van der Waals surface area contributed by atoms with E-state index in [1.165, 1.54) is 7.11 Å². The molecule has 3 rings (SSSR count). The maximum atomic E-state index is 13.2. The molecule has 8 heteroatoms. The van der Waals surface area contributed by atoms with Crippen LogP contribution in [0.2, 0.25) is 5.02 Å². The Morgan fingerprint density at radius 3 is 2.43 bits per heavy atom. The molecule has 35 heavy (non-hydrogen) atoms. The minimum absolute atomic E-state index is 0.344. The number of esters is 1. The molecule has 2 aromatic carbocycles. The molecule has 2 aromatic rings. The fourth-order valence-corrected chi connectivity index (χ4v) is 4.42. The molecule has 0 spiro atoms. The van der Waals surface area contributed by atoms with E-state index in [1.807, 2.05) is 24.3 Å². The van der Waals surface area contributed by atoms with E-state index in [2.05, 4.69) is 12.2 Å². The van der Waals surface area contributed by atoms with Crippen LogP contribution in [0.1, 0.15) is 48.5 Å². The average Bonchev–Trinajstić information content (AvgIpc) is 2.86. The highest BCUT2D eigenvalue weighted by atomic mass is 35.5. The highest BCUT2D eigenvalue weighted by Gasteiger charge is 2.43. The first-order chi connectivity index (χ1) is 16.9. The van der Waals surface area contributed by atoms with Gasteiger partial charge in [-0.2, -0.15) is 0 Å². The van der Waals surface area contributed by atoms with Crippen LogP contribution in [-0.4, -0.2) is 51.5 Å². The lowest BCUT2D eigenvalue weighted by atomic mass is 9.77. The minimum atomic E-state index is -1.01. The zero-order chi connectivity index (χ0) is 25.3. The van der Waals surface area contributed by atoms with Crippen molar-refractivity contribution < 1.29 is 28.5 Å². The second-order valence-electron chi connectivity index (χ2n) is 8.94. The number of benzene rings is 2. The van der Waals surface area contributed by atoms with E-state index in [4.69, 9.17) is 30.5 Å². The molecule has 1 aliphatic rings. The van der Waals surface area contributed by atoms with Crippen LogP contribution < -0.4 is 14.8 Å². The van der Waals surface area contributed by atoms with Crippen LogP contribution >= 0.6 is 11.6 Å². The number of halogens is 1. The lowest BCUT2D eigenvalue weighted by Crippen LogP contribution is -2.56. The van der Waals surface area contributed by atoms with Crippen molar-refractivity contribution >= 4 is 23.5 Å². The van der Waals surface area contributed by atoms with Crippen LogP contribution in [0.5, 0.6) is 11.5 Å². The smallest absolute Gasteiger partial charge is 0.331 e. The van der Waals surface area contributed by atoms with Gasteiger partial charge in [-0.25, -0.2) is 4.79 Å². The zero-order valence-corrected chi connectivity index (χ0v) is 21.4. The lowest BCUT2D eigenvalue weighted by molar-refractivity contribution is -0.150. The number of carbonyl (C=O) groups excluding carboxylic acids is 2. The van der Waals surface area contributed by atoms with E-state index in [1.54, 1.807) is 25.3 Å². The summed E-state index contributed by atoms with van der Waals surface area (Å²) in [6, 6.07) is 12.6. The summed E-state index contributed by atoms with van der Waals surface area (Å²) >= 11 is 6.07. The molecular formula is C27H34ClNO6. The van der Waals surface area contributed by atoms with Crippen LogP contribution in [0.25, 0.3) is 0 Å². The van der Waals surface area contributed by atoms with Gasteiger partial charge in [-0.05, 0) is 67.5 Å². The van der Waals surface area contributed by atoms with Gasteiger partial charge in [0.1, 0.15) is 12.1 Å². The fraction of sp³-hybridized carbons (Fsp3) is 0.481. The third-order valence-corrected chi connectivity index (χ3v) is 6.58. The Labute approximate surface area is 212 Å². The number of hydrogen-bond donors (Lipinski definition) is 1. The topological polar surface area (TPSA) is 83.1 Å². The van der Waals surface area contributed by atoms with Crippen molar-refractivity contribution in [3.05, 3.63) is 58.6 Å². The molecule has 1 saturated carbocycles. The number of hydrogen-bond acceptors (Lipinski definition) is 6. The van der Waals surface area contributed by atoms with Crippen LogP contribution in [0.15, 0.2) is 42.5 Å². The van der Waals surface area contributed by atoms with Gasteiger partial charge in [0.2, 0.25) is 0 Å². The third kappa shape index (κ3) is 7.36. The standard InChI is InChI=1S/C27H34ClNO6/c1-19-9-12-27(13-10-19,26(31)33-3)29-25(30)21-7-8-23(35-16-15-32-2)24(18-21)34-14-11-20-5-4-6-22(28)17-20/h4-8,17-19H,9-16H2,1-3H3,(H,29,30)/t19-,27-. The third-order valence-electron chi connectivity index (χ3n) is 6.35. The molecule has 0 unspecified atom stereocenters. The van der Waals surface area contributed by atoms with Crippen molar-refractivity contribution in [2.24, 2.45) is 5.92 Å². The fourth-order valence-electron chi connectivity index (χ4n) is 4.21. The first-order valence-corrected chi connectivity index (χ1v) is 12.3. The Hall–Kier alpha value is -2.77. The van der Waals surface area contributed by atoms with Gasteiger partial charge >= 0.3 is 5.97 Å². The van der Waals surface area contributed by atoms with Gasteiger partial charge in [0.15, 0.2) is 11.5 Å². The van der Waals surface area contributed by atoms with Gasteiger partial charge in [0.05, 0.1) is 20.3 Å². The number of amides is 1. The molecule has 0 radical (unpaired) electrons. The van der Waals surface area contributed by atoms with Crippen LogP contribution in [0.3, 0.4) is 0 Å². The molecule has 1 amide bonds. The van der Waals surface area contributed by atoms with Gasteiger partial charge in [-0.3, -0.25) is 4.79 Å². The molecule has 0 atom stereocenters. The van der Waals surface area contributed by atoms with Gasteiger partial charge in [0, 0.05) is 24.1 Å². The first-order valence-electron chi connectivity index (χ1n) is 11.9. The Balaban J connectivity index is 1.76. The van der Waals surface area contributed by atoms with Gasteiger partial charge in [0.25, 0.3) is 5.91 Å². The summed E-state index contributed by atoms with van der Waals surface area (Å²) in [6.07, 6.45) is 3.43. The van der Waals surface area contributed by atoms with E-state index in [0.29, 0.717) is 67.1 Å². The SMILES string of the molecule is COCCOc1ccc(C(=O)N[C@]2(C(=O)OC)CC[C@@H](C)CC2)cc1OCCc1cccc(Cl)c1. The average molecular weight is 504 g/mol. The van der Waals surface area contributed by atoms with Gasteiger partial charge < -0.3 is 24.3 Å². The van der Waals surface area contributed by atoms with Gasteiger partial charge in [-0.1, -0.05) is 30.7 Å². The van der Waals surface area contributed by atoms with E-state index >= 15 is 0 Å². The molecule has 0 heterocycles. The van der Waals surface area contributed by atoms with Crippen molar-refractivity contribution in [2.45, 2.75) is 44.6 Å².